The Kier molecular flexibility index (Phi) is 4.80. The Morgan fingerprint density at radius 2 is 2.12 bits per heavy atom. The third-order valence-corrected chi connectivity index (χ3v) is 5.90. The molecule has 0 aromatic heterocycles. The number of carbonyl (C=O) groups excluding carboxylic acids is 3. The summed E-state index contributed by atoms with van der Waals surface area (Å²) in [5.41, 5.74) is 0.891. The van der Waals surface area contributed by atoms with E-state index in [1.54, 1.807) is 16.7 Å². The number of hydrogen-bond acceptors (Lipinski definition) is 5. The zero-order valence-electron chi connectivity index (χ0n) is 13.5. The van der Waals surface area contributed by atoms with Crippen molar-refractivity contribution in [3.8, 4) is 0 Å². The summed E-state index contributed by atoms with van der Waals surface area (Å²) in [5, 5.41) is 2.59. The molecule has 2 heterocycles. The van der Waals surface area contributed by atoms with Gasteiger partial charge in [0, 0.05) is 12.2 Å². The lowest BCUT2D eigenvalue weighted by Crippen LogP contribution is -2.50. The molecule has 6 nitrogen and oxygen atoms in total. The summed E-state index contributed by atoms with van der Waals surface area (Å²) in [6.45, 7) is 1.98. The molecule has 1 aromatic rings. The molecular formula is C17H20N2O4S. The van der Waals surface area contributed by atoms with Crippen molar-refractivity contribution in [2.45, 2.75) is 37.3 Å². The van der Waals surface area contributed by atoms with Gasteiger partial charge < -0.3 is 15.0 Å². The Morgan fingerprint density at radius 1 is 1.38 bits per heavy atom. The zero-order valence-corrected chi connectivity index (χ0v) is 14.3. The largest absolute Gasteiger partial charge is 0.460 e. The number of amides is 2. The highest BCUT2D eigenvalue weighted by Gasteiger charge is 2.52. The van der Waals surface area contributed by atoms with Gasteiger partial charge in [0.25, 0.3) is 0 Å². The van der Waals surface area contributed by atoms with Crippen LogP contribution in [0.2, 0.25) is 0 Å². The molecule has 0 saturated carbocycles. The number of ether oxygens (including phenoxy) is 1. The average molecular weight is 348 g/mol. The molecule has 128 valence electrons. The van der Waals surface area contributed by atoms with Crippen molar-refractivity contribution in [3.05, 3.63) is 35.9 Å². The van der Waals surface area contributed by atoms with Gasteiger partial charge in [0.05, 0.1) is 4.87 Å². The van der Waals surface area contributed by atoms with E-state index in [1.807, 2.05) is 37.3 Å². The van der Waals surface area contributed by atoms with E-state index in [2.05, 4.69) is 5.32 Å². The summed E-state index contributed by atoms with van der Waals surface area (Å²) in [5.74, 6) is -0.214. The predicted molar refractivity (Wildman–Crippen MR) is 90.0 cm³/mol. The van der Waals surface area contributed by atoms with Gasteiger partial charge in [0.2, 0.25) is 11.8 Å². The van der Waals surface area contributed by atoms with Gasteiger partial charge in [-0.25, -0.2) is 0 Å². The summed E-state index contributed by atoms with van der Waals surface area (Å²) in [4.78, 5) is 37.5. The van der Waals surface area contributed by atoms with Gasteiger partial charge in [-0.15, -0.1) is 11.8 Å². The molecule has 24 heavy (non-hydrogen) atoms. The SMILES string of the molecule is C[C@@]12CCC(=O)N1[C@H](C(=O)NCC(=O)OCc1ccccc1)CS2. The minimum Gasteiger partial charge on any atom is -0.460 e. The molecule has 0 spiro atoms. The Labute approximate surface area is 144 Å². The second-order valence-electron chi connectivity index (χ2n) is 6.13. The second kappa shape index (κ2) is 6.84. The first-order valence-electron chi connectivity index (χ1n) is 7.93. The Hall–Kier alpha value is -2.02. The average Bonchev–Trinajstić information content (AvgIpc) is 3.08. The van der Waals surface area contributed by atoms with Crippen LogP contribution in [-0.4, -0.2) is 45.9 Å². The van der Waals surface area contributed by atoms with Gasteiger partial charge in [0.1, 0.15) is 19.2 Å². The number of carbonyl (C=O) groups is 3. The second-order valence-corrected chi connectivity index (χ2v) is 7.63. The Bertz CT molecular complexity index is 651. The standard InChI is InChI=1S/C17H20N2O4S/c1-17-8-7-14(20)19(17)13(11-24-17)16(22)18-9-15(21)23-10-12-5-3-2-4-6-12/h2-6,13H,7-11H2,1H3,(H,18,22)/t13-,17+/m0/s1. The smallest absolute Gasteiger partial charge is 0.325 e. The molecule has 2 saturated heterocycles. The normalized spacial score (nSPS) is 25.5. The number of hydrogen-bond donors (Lipinski definition) is 1. The van der Waals surface area contributed by atoms with Crippen molar-refractivity contribution in [1.82, 2.24) is 10.2 Å². The number of benzene rings is 1. The lowest BCUT2D eigenvalue weighted by Gasteiger charge is -2.29. The van der Waals surface area contributed by atoms with E-state index in [9.17, 15) is 14.4 Å². The first-order chi connectivity index (χ1) is 11.5. The van der Waals surface area contributed by atoms with E-state index in [1.165, 1.54) is 0 Å². The maximum Gasteiger partial charge on any atom is 0.325 e. The molecular weight excluding hydrogens is 328 g/mol. The van der Waals surface area contributed by atoms with Gasteiger partial charge >= 0.3 is 5.97 Å². The van der Waals surface area contributed by atoms with Crippen molar-refractivity contribution >= 4 is 29.5 Å². The molecule has 2 aliphatic rings. The fourth-order valence-electron chi connectivity index (χ4n) is 3.08. The lowest BCUT2D eigenvalue weighted by atomic mass is 10.2. The Morgan fingerprint density at radius 3 is 2.88 bits per heavy atom. The maximum atomic E-state index is 12.3. The number of thioether (sulfide) groups is 1. The molecule has 2 amide bonds. The third-order valence-electron chi connectivity index (χ3n) is 4.40. The Balaban J connectivity index is 1.47. The molecule has 3 rings (SSSR count). The van der Waals surface area contributed by atoms with Gasteiger partial charge in [-0.2, -0.15) is 0 Å². The van der Waals surface area contributed by atoms with Gasteiger partial charge in [-0.3, -0.25) is 14.4 Å². The van der Waals surface area contributed by atoms with Crippen LogP contribution in [0.4, 0.5) is 0 Å². The maximum absolute atomic E-state index is 12.3. The number of rotatable bonds is 5. The highest BCUT2D eigenvalue weighted by atomic mass is 32.2. The van der Waals surface area contributed by atoms with Crippen molar-refractivity contribution in [2.24, 2.45) is 0 Å². The van der Waals surface area contributed by atoms with E-state index in [-0.39, 0.29) is 29.8 Å². The highest BCUT2D eigenvalue weighted by Crippen LogP contribution is 2.47. The van der Waals surface area contributed by atoms with Crippen LogP contribution in [0.5, 0.6) is 0 Å². The molecule has 2 fully saturated rings. The monoisotopic (exact) mass is 348 g/mol. The van der Waals surface area contributed by atoms with E-state index in [4.69, 9.17) is 4.74 Å². The van der Waals surface area contributed by atoms with Crippen LogP contribution in [0, 0.1) is 0 Å². The van der Waals surface area contributed by atoms with E-state index >= 15 is 0 Å². The summed E-state index contributed by atoms with van der Waals surface area (Å²) >= 11 is 1.63. The number of nitrogens with zero attached hydrogens (tertiary/aromatic N) is 1. The van der Waals surface area contributed by atoms with Crippen LogP contribution in [0.3, 0.4) is 0 Å². The van der Waals surface area contributed by atoms with E-state index < -0.39 is 12.0 Å². The molecule has 2 aliphatic heterocycles. The van der Waals surface area contributed by atoms with Crippen LogP contribution in [0.25, 0.3) is 0 Å². The summed E-state index contributed by atoms with van der Waals surface area (Å²) in [7, 11) is 0. The topological polar surface area (TPSA) is 75.7 Å². The van der Waals surface area contributed by atoms with Crippen molar-refractivity contribution < 1.29 is 19.1 Å². The fourth-order valence-corrected chi connectivity index (χ4v) is 4.51. The summed E-state index contributed by atoms with van der Waals surface area (Å²) in [6.07, 6.45) is 1.24. The number of fused-ring (bicyclic) bond motifs is 1. The van der Waals surface area contributed by atoms with Gasteiger partial charge in [-0.1, -0.05) is 30.3 Å². The van der Waals surface area contributed by atoms with Crippen LogP contribution >= 0.6 is 11.8 Å². The van der Waals surface area contributed by atoms with Crippen molar-refractivity contribution in [2.75, 3.05) is 12.3 Å². The highest BCUT2D eigenvalue weighted by molar-refractivity contribution is 8.01. The zero-order chi connectivity index (χ0) is 17.2. The first kappa shape index (κ1) is 16.8. The molecule has 0 bridgehead atoms. The van der Waals surface area contributed by atoms with Crippen molar-refractivity contribution in [1.29, 1.82) is 0 Å². The molecule has 0 radical (unpaired) electrons. The van der Waals surface area contributed by atoms with Crippen LogP contribution in [0.1, 0.15) is 25.3 Å². The van der Waals surface area contributed by atoms with E-state index in [0.717, 1.165) is 12.0 Å². The minimum absolute atomic E-state index is 0.00861. The molecule has 2 atom stereocenters. The quantitative estimate of drug-likeness (QED) is 0.812. The van der Waals surface area contributed by atoms with Crippen LogP contribution in [-0.2, 0) is 25.7 Å². The molecule has 0 unspecified atom stereocenters. The van der Waals surface area contributed by atoms with Crippen LogP contribution in [0.15, 0.2) is 30.3 Å². The number of nitrogens with one attached hydrogen (secondary N) is 1. The minimum atomic E-state index is -0.503. The molecule has 7 heteroatoms. The van der Waals surface area contributed by atoms with Crippen molar-refractivity contribution in [3.63, 3.8) is 0 Å². The molecule has 1 N–H and O–H groups in total. The van der Waals surface area contributed by atoms with Gasteiger partial charge in [-0.05, 0) is 18.9 Å². The predicted octanol–water partition coefficient (Wildman–Crippen LogP) is 1.30. The molecule has 1 aromatic carbocycles. The molecule has 0 aliphatic carbocycles. The number of esters is 1. The van der Waals surface area contributed by atoms with E-state index in [0.29, 0.717) is 12.2 Å². The first-order valence-corrected chi connectivity index (χ1v) is 8.91. The fraction of sp³-hybridized carbons (Fsp3) is 0.471. The summed E-state index contributed by atoms with van der Waals surface area (Å²) < 4.78 is 5.13. The summed E-state index contributed by atoms with van der Waals surface area (Å²) in [6, 6.07) is 8.85. The third kappa shape index (κ3) is 3.40. The lowest BCUT2D eigenvalue weighted by molar-refractivity contribution is -0.146. The van der Waals surface area contributed by atoms with Crippen LogP contribution < -0.4 is 5.32 Å². The van der Waals surface area contributed by atoms with Gasteiger partial charge in [0.15, 0.2) is 0 Å².